The van der Waals surface area contributed by atoms with Crippen molar-refractivity contribution in [3.05, 3.63) is 17.7 Å². The molecular weight excluding hydrogens is 308 g/mol. The summed E-state index contributed by atoms with van der Waals surface area (Å²) in [6.07, 6.45) is 5.91. The molecular formula is C18H28N2O4. The number of benzene rings is 1. The lowest BCUT2D eigenvalue weighted by Crippen LogP contribution is -2.46. The number of methoxy groups -OCH3 is 3. The van der Waals surface area contributed by atoms with Crippen LogP contribution in [0.1, 0.15) is 42.5 Å². The number of ether oxygens (including phenoxy) is 3. The van der Waals surface area contributed by atoms with Crippen LogP contribution in [0.25, 0.3) is 0 Å². The molecule has 1 saturated carbocycles. The number of carbonyl (C=O) groups is 1. The highest BCUT2D eigenvalue weighted by molar-refractivity contribution is 5.98. The van der Waals surface area contributed by atoms with E-state index in [0.29, 0.717) is 35.3 Å². The Balaban J connectivity index is 2.20. The number of amides is 1. The van der Waals surface area contributed by atoms with Gasteiger partial charge >= 0.3 is 0 Å². The Morgan fingerprint density at radius 1 is 1.08 bits per heavy atom. The molecule has 24 heavy (non-hydrogen) atoms. The van der Waals surface area contributed by atoms with E-state index in [1.807, 2.05) is 0 Å². The highest BCUT2D eigenvalue weighted by atomic mass is 16.5. The Labute approximate surface area is 143 Å². The number of hydrogen-bond donors (Lipinski definition) is 2. The van der Waals surface area contributed by atoms with E-state index in [2.05, 4.69) is 5.32 Å². The second-order valence-electron chi connectivity index (χ2n) is 6.12. The molecule has 0 aromatic heterocycles. The topological polar surface area (TPSA) is 82.8 Å². The van der Waals surface area contributed by atoms with Gasteiger partial charge in [-0.1, -0.05) is 19.3 Å². The zero-order valence-corrected chi connectivity index (χ0v) is 14.8. The third-order valence-corrected chi connectivity index (χ3v) is 4.74. The number of carbonyl (C=O) groups excluding carboxylic acids is 1. The molecule has 0 saturated heterocycles. The first-order valence-electron chi connectivity index (χ1n) is 8.45. The fourth-order valence-corrected chi connectivity index (χ4v) is 3.36. The van der Waals surface area contributed by atoms with Crippen molar-refractivity contribution in [2.24, 2.45) is 11.7 Å². The van der Waals surface area contributed by atoms with E-state index < -0.39 is 0 Å². The summed E-state index contributed by atoms with van der Waals surface area (Å²) in [7, 11) is 4.61. The second kappa shape index (κ2) is 8.78. The van der Waals surface area contributed by atoms with Gasteiger partial charge in [0.25, 0.3) is 5.91 Å². The van der Waals surface area contributed by atoms with Gasteiger partial charge in [0, 0.05) is 24.7 Å². The van der Waals surface area contributed by atoms with Crippen molar-refractivity contribution < 1.29 is 19.0 Å². The van der Waals surface area contributed by atoms with Gasteiger partial charge < -0.3 is 25.3 Å². The summed E-state index contributed by atoms with van der Waals surface area (Å²) in [5.41, 5.74) is 6.33. The minimum atomic E-state index is -0.200. The quantitative estimate of drug-likeness (QED) is 0.798. The molecule has 2 rings (SSSR count). The molecule has 1 atom stereocenters. The summed E-state index contributed by atoms with van der Waals surface area (Å²) in [5.74, 6) is 1.70. The van der Waals surface area contributed by atoms with Crippen LogP contribution in [-0.2, 0) is 0 Å². The van der Waals surface area contributed by atoms with Gasteiger partial charge in [-0.25, -0.2) is 0 Å². The van der Waals surface area contributed by atoms with E-state index in [9.17, 15) is 4.79 Å². The smallest absolute Gasteiger partial charge is 0.255 e. The van der Waals surface area contributed by atoms with Gasteiger partial charge in [0.1, 0.15) is 5.75 Å². The van der Waals surface area contributed by atoms with Crippen LogP contribution < -0.4 is 25.3 Å². The molecule has 1 fully saturated rings. The molecule has 1 aliphatic rings. The van der Waals surface area contributed by atoms with Crippen molar-refractivity contribution in [2.75, 3.05) is 27.9 Å². The maximum atomic E-state index is 12.8. The Morgan fingerprint density at radius 2 is 1.67 bits per heavy atom. The van der Waals surface area contributed by atoms with Crippen molar-refractivity contribution in [3.63, 3.8) is 0 Å². The maximum Gasteiger partial charge on any atom is 0.255 e. The Bertz CT molecular complexity index is 556. The highest BCUT2D eigenvalue weighted by Gasteiger charge is 2.26. The van der Waals surface area contributed by atoms with E-state index in [-0.39, 0.29) is 11.9 Å². The van der Waals surface area contributed by atoms with E-state index in [4.69, 9.17) is 19.9 Å². The molecule has 0 aliphatic heterocycles. The third kappa shape index (κ3) is 4.12. The van der Waals surface area contributed by atoms with Crippen molar-refractivity contribution in [1.29, 1.82) is 0 Å². The SMILES string of the molecule is COc1cc(OC)c(C(=O)NC(CN)C2CCCCC2)cc1OC. The zero-order valence-electron chi connectivity index (χ0n) is 14.8. The molecule has 3 N–H and O–H groups in total. The van der Waals surface area contributed by atoms with Gasteiger partial charge in [-0.15, -0.1) is 0 Å². The molecule has 1 unspecified atom stereocenters. The number of nitrogens with one attached hydrogen (secondary N) is 1. The largest absolute Gasteiger partial charge is 0.496 e. The second-order valence-corrected chi connectivity index (χ2v) is 6.12. The van der Waals surface area contributed by atoms with Gasteiger partial charge in [0.05, 0.1) is 26.9 Å². The van der Waals surface area contributed by atoms with Crippen LogP contribution >= 0.6 is 0 Å². The van der Waals surface area contributed by atoms with Gasteiger partial charge in [-0.05, 0) is 18.8 Å². The maximum absolute atomic E-state index is 12.8. The molecule has 134 valence electrons. The van der Waals surface area contributed by atoms with Crippen LogP contribution in [0.5, 0.6) is 17.2 Å². The molecule has 0 radical (unpaired) electrons. The van der Waals surface area contributed by atoms with E-state index in [1.165, 1.54) is 33.5 Å². The number of rotatable bonds is 7. The molecule has 1 aliphatic carbocycles. The molecule has 6 heteroatoms. The zero-order chi connectivity index (χ0) is 17.5. The lowest BCUT2D eigenvalue weighted by Gasteiger charge is -2.30. The summed E-state index contributed by atoms with van der Waals surface area (Å²) >= 11 is 0. The van der Waals surface area contributed by atoms with Crippen molar-refractivity contribution in [3.8, 4) is 17.2 Å². The van der Waals surface area contributed by atoms with E-state index in [1.54, 1.807) is 19.2 Å². The molecule has 6 nitrogen and oxygen atoms in total. The minimum Gasteiger partial charge on any atom is -0.496 e. The predicted octanol–water partition coefficient (Wildman–Crippen LogP) is 2.35. The van der Waals surface area contributed by atoms with Crippen molar-refractivity contribution >= 4 is 5.91 Å². The molecule has 0 heterocycles. The van der Waals surface area contributed by atoms with Crippen molar-refractivity contribution in [1.82, 2.24) is 5.32 Å². The van der Waals surface area contributed by atoms with Crippen LogP contribution in [0.4, 0.5) is 0 Å². The van der Waals surface area contributed by atoms with Crippen LogP contribution in [0.2, 0.25) is 0 Å². The fraction of sp³-hybridized carbons (Fsp3) is 0.611. The number of nitrogens with two attached hydrogens (primary N) is 1. The average molecular weight is 336 g/mol. The monoisotopic (exact) mass is 336 g/mol. The van der Waals surface area contributed by atoms with Crippen LogP contribution in [0, 0.1) is 5.92 Å². The number of hydrogen-bond acceptors (Lipinski definition) is 5. The van der Waals surface area contributed by atoms with Crippen molar-refractivity contribution in [2.45, 2.75) is 38.1 Å². The van der Waals surface area contributed by atoms with Gasteiger partial charge in [-0.3, -0.25) is 4.79 Å². The normalized spacial score (nSPS) is 16.3. The lowest BCUT2D eigenvalue weighted by atomic mass is 9.84. The molecule has 0 spiro atoms. The molecule has 1 aromatic carbocycles. The first-order chi connectivity index (χ1) is 11.6. The van der Waals surface area contributed by atoms with E-state index in [0.717, 1.165) is 12.8 Å². The molecule has 0 bridgehead atoms. The van der Waals surface area contributed by atoms with Gasteiger partial charge in [-0.2, -0.15) is 0 Å². The Kier molecular flexibility index (Phi) is 6.73. The average Bonchev–Trinajstić information content (AvgIpc) is 2.65. The Morgan fingerprint density at radius 3 is 2.21 bits per heavy atom. The minimum absolute atomic E-state index is 0.0180. The summed E-state index contributed by atoms with van der Waals surface area (Å²) < 4.78 is 15.9. The lowest BCUT2D eigenvalue weighted by molar-refractivity contribution is 0.0912. The standard InChI is InChI=1S/C18H28N2O4/c1-22-15-10-17(24-3)16(23-2)9-13(15)18(21)20-14(11-19)12-7-5-4-6-8-12/h9-10,12,14H,4-8,11,19H2,1-3H3,(H,20,21). The first kappa shape index (κ1) is 18.4. The Hall–Kier alpha value is -1.95. The van der Waals surface area contributed by atoms with Crippen LogP contribution in [0.3, 0.4) is 0 Å². The van der Waals surface area contributed by atoms with Crippen LogP contribution in [0.15, 0.2) is 12.1 Å². The highest BCUT2D eigenvalue weighted by Crippen LogP contribution is 2.35. The fourth-order valence-electron chi connectivity index (χ4n) is 3.36. The molecule has 1 amide bonds. The summed E-state index contributed by atoms with van der Waals surface area (Å²) in [4.78, 5) is 12.8. The molecule has 1 aromatic rings. The van der Waals surface area contributed by atoms with E-state index >= 15 is 0 Å². The van der Waals surface area contributed by atoms with Gasteiger partial charge in [0.15, 0.2) is 11.5 Å². The van der Waals surface area contributed by atoms with Crippen LogP contribution in [-0.4, -0.2) is 39.8 Å². The first-order valence-corrected chi connectivity index (χ1v) is 8.45. The third-order valence-electron chi connectivity index (χ3n) is 4.74. The summed E-state index contributed by atoms with van der Waals surface area (Å²) in [5, 5.41) is 3.08. The van der Waals surface area contributed by atoms with Gasteiger partial charge in [0.2, 0.25) is 0 Å². The predicted molar refractivity (Wildman–Crippen MR) is 93.0 cm³/mol. The summed E-state index contributed by atoms with van der Waals surface area (Å²) in [6, 6.07) is 3.28. The summed E-state index contributed by atoms with van der Waals surface area (Å²) in [6.45, 7) is 0.437.